The molecular weight excluding hydrogens is 612 g/mol. The maximum atomic E-state index is 12.9. The Labute approximate surface area is 264 Å². The summed E-state index contributed by atoms with van der Waals surface area (Å²) in [5, 5.41) is 0.292. The van der Waals surface area contributed by atoms with E-state index in [1.54, 1.807) is 0 Å². The number of benzene rings is 1. The number of ether oxygens (including phenoxy) is 8. The Morgan fingerprint density at radius 1 is 0.761 bits per heavy atom. The Morgan fingerprint density at radius 3 is 2.02 bits per heavy atom. The van der Waals surface area contributed by atoms with E-state index < -0.39 is 78.5 Å². The van der Waals surface area contributed by atoms with Gasteiger partial charge in [-0.15, -0.1) is 0 Å². The first-order valence-electron chi connectivity index (χ1n) is 14.7. The molecule has 2 heterocycles. The normalized spacial score (nSPS) is 20.7. The smallest absolute Gasteiger partial charge is 0.383 e. The number of carbonyl (C=O) groups is 5. The molecule has 0 N–H and O–H groups in total. The molecule has 1 aromatic heterocycles. The maximum Gasteiger partial charge on any atom is 0.383 e. The van der Waals surface area contributed by atoms with E-state index in [-0.39, 0.29) is 23.7 Å². The molecule has 0 spiro atoms. The number of esters is 5. The zero-order chi connectivity index (χ0) is 34.0. The van der Waals surface area contributed by atoms with Crippen LogP contribution in [-0.4, -0.2) is 73.8 Å². The average Bonchev–Trinajstić information content (AvgIpc) is 2.95. The molecule has 1 aliphatic rings. The molecule has 1 aliphatic heterocycles. The predicted octanol–water partition coefficient (Wildman–Crippen LogP) is 3.14. The van der Waals surface area contributed by atoms with Gasteiger partial charge in [-0.1, -0.05) is 26.2 Å². The molecule has 1 aromatic carbocycles. The van der Waals surface area contributed by atoms with Crippen molar-refractivity contribution in [2.24, 2.45) is 0 Å². The number of fused-ring (bicyclic) bond motifs is 1. The Kier molecular flexibility index (Phi) is 12.9. The lowest BCUT2D eigenvalue weighted by molar-refractivity contribution is -0.288. The third kappa shape index (κ3) is 9.92. The zero-order valence-corrected chi connectivity index (χ0v) is 26.5. The molecule has 0 radical (unpaired) electrons. The SMILES string of the molecule is CCCCCCOc1c(OC(C)=O)c(=O)oc2cc(O[C@H]3O[C@H](COC(C)=O)[C@@H](OC(C)=O)[C@H](OC(C)=O)[C@@H]3OC(C)=O)ccc12. The van der Waals surface area contributed by atoms with Gasteiger partial charge in [-0.2, -0.15) is 0 Å². The maximum absolute atomic E-state index is 12.9. The Morgan fingerprint density at radius 2 is 1.41 bits per heavy atom. The molecule has 0 aliphatic carbocycles. The quantitative estimate of drug-likeness (QED) is 0.125. The van der Waals surface area contributed by atoms with E-state index in [0.717, 1.165) is 53.9 Å². The van der Waals surface area contributed by atoms with E-state index in [4.69, 9.17) is 42.3 Å². The second kappa shape index (κ2) is 16.6. The van der Waals surface area contributed by atoms with E-state index in [1.165, 1.54) is 18.2 Å². The number of unbranched alkanes of at least 4 members (excludes halogenated alkanes) is 3. The van der Waals surface area contributed by atoms with E-state index in [9.17, 15) is 28.8 Å². The lowest BCUT2D eigenvalue weighted by Crippen LogP contribution is -2.63. The summed E-state index contributed by atoms with van der Waals surface area (Å²) in [6, 6.07) is 4.28. The van der Waals surface area contributed by atoms with Gasteiger partial charge in [0.2, 0.25) is 12.4 Å². The van der Waals surface area contributed by atoms with Gasteiger partial charge in [-0.3, -0.25) is 24.0 Å². The largest absolute Gasteiger partial charge is 0.489 e. The molecule has 15 heteroatoms. The molecule has 0 unspecified atom stereocenters. The Hall–Kier alpha value is -4.66. The van der Waals surface area contributed by atoms with Gasteiger partial charge in [0.15, 0.2) is 18.0 Å². The summed E-state index contributed by atoms with van der Waals surface area (Å²) in [5.41, 5.74) is -0.983. The number of hydrogen-bond donors (Lipinski definition) is 0. The Bertz CT molecular complexity index is 1480. The summed E-state index contributed by atoms with van der Waals surface area (Å²) >= 11 is 0. The molecule has 0 amide bonds. The van der Waals surface area contributed by atoms with Gasteiger partial charge in [0, 0.05) is 40.7 Å². The van der Waals surface area contributed by atoms with Crippen LogP contribution in [0, 0.1) is 0 Å². The predicted molar refractivity (Wildman–Crippen MR) is 156 cm³/mol. The molecule has 0 bridgehead atoms. The first-order chi connectivity index (χ1) is 21.8. The summed E-state index contributed by atoms with van der Waals surface area (Å²) in [5.74, 6) is -4.15. The number of rotatable bonds is 14. The first-order valence-corrected chi connectivity index (χ1v) is 14.7. The third-order valence-corrected chi connectivity index (χ3v) is 6.48. The molecule has 252 valence electrons. The van der Waals surface area contributed by atoms with Crippen molar-refractivity contribution in [3.63, 3.8) is 0 Å². The third-order valence-electron chi connectivity index (χ3n) is 6.48. The highest BCUT2D eigenvalue weighted by Gasteiger charge is 2.53. The van der Waals surface area contributed by atoms with Crippen LogP contribution in [0.1, 0.15) is 67.2 Å². The fourth-order valence-corrected chi connectivity index (χ4v) is 4.71. The minimum Gasteiger partial charge on any atom is -0.489 e. The molecule has 1 saturated heterocycles. The van der Waals surface area contributed by atoms with Gasteiger partial charge in [-0.05, 0) is 18.6 Å². The van der Waals surface area contributed by atoms with Crippen molar-refractivity contribution >= 4 is 40.8 Å². The van der Waals surface area contributed by atoms with Crippen molar-refractivity contribution in [2.45, 2.75) is 97.9 Å². The van der Waals surface area contributed by atoms with E-state index >= 15 is 0 Å². The summed E-state index contributed by atoms with van der Waals surface area (Å²) in [6.07, 6.45) is -3.43. The van der Waals surface area contributed by atoms with Crippen molar-refractivity contribution in [1.82, 2.24) is 0 Å². The molecule has 5 atom stereocenters. The molecule has 46 heavy (non-hydrogen) atoms. The second-order valence-corrected chi connectivity index (χ2v) is 10.4. The first kappa shape index (κ1) is 35.8. The average molecular weight is 651 g/mol. The van der Waals surface area contributed by atoms with Crippen LogP contribution in [0.15, 0.2) is 27.4 Å². The molecule has 15 nitrogen and oxygen atoms in total. The lowest BCUT2D eigenvalue weighted by Gasteiger charge is -2.43. The fraction of sp³-hybridized carbons (Fsp3) is 0.548. The highest BCUT2D eigenvalue weighted by Crippen LogP contribution is 2.36. The van der Waals surface area contributed by atoms with Crippen molar-refractivity contribution in [2.75, 3.05) is 13.2 Å². The number of carbonyl (C=O) groups excluding carboxylic acids is 5. The van der Waals surface area contributed by atoms with Crippen LogP contribution in [0.5, 0.6) is 17.2 Å². The number of hydrogen-bond acceptors (Lipinski definition) is 15. The minimum absolute atomic E-state index is 0.00686. The highest BCUT2D eigenvalue weighted by atomic mass is 16.7. The fourth-order valence-electron chi connectivity index (χ4n) is 4.71. The van der Waals surface area contributed by atoms with Crippen LogP contribution in [0.2, 0.25) is 0 Å². The van der Waals surface area contributed by atoms with Gasteiger partial charge in [0.05, 0.1) is 12.0 Å². The molecular formula is C31H38O15. The van der Waals surface area contributed by atoms with Crippen LogP contribution in [0.3, 0.4) is 0 Å². The van der Waals surface area contributed by atoms with Crippen LogP contribution in [-0.2, 0) is 47.7 Å². The van der Waals surface area contributed by atoms with Gasteiger partial charge in [0.25, 0.3) is 5.75 Å². The van der Waals surface area contributed by atoms with Gasteiger partial charge >= 0.3 is 35.5 Å². The van der Waals surface area contributed by atoms with Crippen LogP contribution >= 0.6 is 0 Å². The Balaban J connectivity index is 2.04. The minimum atomic E-state index is -1.51. The summed E-state index contributed by atoms with van der Waals surface area (Å²) in [6.45, 7) is 7.47. The second-order valence-electron chi connectivity index (χ2n) is 10.4. The summed E-state index contributed by atoms with van der Waals surface area (Å²) < 4.78 is 49.7. The zero-order valence-electron chi connectivity index (χ0n) is 26.5. The van der Waals surface area contributed by atoms with Crippen molar-refractivity contribution in [3.8, 4) is 17.2 Å². The molecule has 0 saturated carbocycles. The van der Waals surface area contributed by atoms with E-state index in [1.807, 2.05) is 0 Å². The van der Waals surface area contributed by atoms with Crippen LogP contribution in [0.4, 0.5) is 0 Å². The molecule has 3 rings (SSSR count). The van der Waals surface area contributed by atoms with Crippen molar-refractivity contribution < 1.29 is 66.3 Å². The van der Waals surface area contributed by atoms with Crippen molar-refractivity contribution in [3.05, 3.63) is 28.6 Å². The molecule has 1 fully saturated rings. The topological polar surface area (TPSA) is 189 Å². The lowest BCUT2D eigenvalue weighted by atomic mass is 9.98. The van der Waals surface area contributed by atoms with Gasteiger partial charge in [-0.25, -0.2) is 4.79 Å². The van der Waals surface area contributed by atoms with E-state index in [0.29, 0.717) is 11.8 Å². The summed E-state index contributed by atoms with van der Waals surface area (Å²) in [4.78, 5) is 72.3. The summed E-state index contributed by atoms with van der Waals surface area (Å²) in [7, 11) is 0. The standard InChI is InChI=1S/C31H38O15/c1-7-8-9-10-13-38-25-22-12-11-21(14-23(22)45-30(37)28(25)42-19(5)35)44-31-29(43-20(6)36)27(41-18(4)34)26(40-17(3)33)24(46-31)15-39-16(2)32/h11-12,14,24,26-27,29,31H,7-10,13,15H2,1-6H3/t24-,26-,27+,29+,31+/m1/s1. The highest BCUT2D eigenvalue weighted by molar-refractivity contribution is 5.87. The van der Waals surface area contributed by atoms with Gasteiger partial charge < -0.3 is 42.3 Å². The van der Waals surface area contributed by atoms with Crippen LogP contribution in [0.25, 0.3) is 11.0 Å². The van der Waals surface area contributed by atoms with Gasteiger partial charge in [0.1, 0.15) is 24.0 Å². The van der Waals surface area contributed by atoms with E-state index in [2.05, 4.69) is 6.92 Å². The van der Waals surface area contributed by atoms with Crippen molar-refractivity contribution in [1.29, 1.82) is 0 Å². The molecule has 2 aromatic rings. The van der Waals surface area contributed by atoms with Crippen LogP contribution < -0.4 is 19.8 Å². The monoisotopic (exact) mass is 650 g/mol.